The Morgan fingerprint density at radius 2 is 1.50 bits per heavy atom. The van der Waals surface area contributed by atoms with Gasteiger partial charge in [-0.2, -0.15) is 0 Å². The van der Waals surface area contributed by atoms with E-state index < -0.39 is 26.0 Å². The first-order chi connectivity index (χ1) is 16.0. The Hall–Kier alpha value is -2.92. The van der Waals surface area contributed by atoms with Gasteiger partial charge in [0.1, 0.15) is 0 Å². The van der Waals surface area contributed by atoms with Crippen molar-refractivity contribution in [1.82, 2.24) is 4.31 Å². The molecule has 0 fully saturated rings. The number of carbonyl (C=O) groups excluding carboxylic acids is 1. The van der Waals surface area contributed by atoms with Crippen LogP contribution in [0, 0.1) is 0 Å². The number of nitrogens with zero attached hydrogens (tertiary/aromatic N) is 2. The summed E-state index contributed by atoms with van der Waals surface area (Å²) in [5.74, 6) is -0.677. The van der Waals surface area contributed by atoms with Gasteiger partial charge in [0.05, 0.1) is 26.1 Å². The Morgan fingerprint density at radius 1 is 0.853 bits per heavy atom. The first-order valence-corrected chi connectivity index (χ1v) is 13.5. The summed E-state index contributed by atoms with van der Waals surface area (Å²) in [7, 11) is -4.87. The zero-order chi connectivity index (χ0) is 25.1. The SMILES string of the molecule is CCN(c1ccccc1)S(=O)(=O)c1ccc(Cl)c(C(=O)Nc2cccc(S(=O)(=O)N(C)C)c2)c1. The van der Waals surface area contributed by atoms with Gasteiger partial charge in [-0.1, -0.05) is 35.9 Å². The van der Waals surface area contributed by atoms with Crippen molar-refractivity contribution in [2.24, 2.45) is 0 Å². The molecule has 8 nitrogen and oxygen atoms in total. The average molecular weight is 522 g/mol. The number of rotatable bonds is 8. The molecule has 0 radical (unpaired) electrons. The smallest absolute Gasteiger partial charge is 0.264 e. The molecule has 0 spiro atoms. The van der Waals surface area contributed by atoms with Crippen LogP contribution >= 0.6 is 11.6 Å². The molecule has 3 aromatic rings. The summed E-state index contributed by atoms with van der Waals surface area (Å²) in [4.78, 5) is 12.9. The van der Waals surface area contributed by atoms with E-state index in [0.717, 1.165) is 4.31 Å². The Bertz CT molecular complexity index is 1410. The van der Waals surface area contributed by atoms with Crippen molar-refractivity contribution in [2.75, 3.05) is 30.3 Å². The van der Waals surface area contributed by atoms with Gasteiger partial charge in [0.15, 0.2) is 0 Å². The minimum atomic E-state index is -3.98. The van der Waals surface area contributed by atoms with Crippen LogP contribution in [0.3, 0.4) is 0 Å². The summed E-state index contributed by atoms with van der Waals surface area (Å²) in [5.41, 5.74) is 0.648. The summed E-state index contributed by atoms with van der Waals surface area (Å²) in [5, 5.41) is 2.64. The van der Waals surface area contributed by atoms with Crippen LogP contribution < -0.4 is 9.62 Å². The number of anilines is 2. The van der Waals surface area contributed by atoms with Crippen molar-refractivity contribution in [3.63, 3.8) is 0 Å². The third-order valence-electron chi connectivity index (χ3n) is 4.97. The molecule has 0 atom stereocenters. The van der Waals surface area contributed by atoms with Crippen LogP contribution in [0.5, 0.6) is 0 Å². The molecule has 1 amide bonds. The maximum absolute atomic E-state index is 13.3. The molecule has 0 aliphatic heterocycles. The van der Waals surface area contributed by atoms with Crippen molar-refractivity contribution in [2.45, 2.75) is 16.7 Å². The average Bonchev–Trinajstić information content (AvgIpc) is 2.80. The highest BCUT2D eigenvalue weighted by Gasteiger charge is 2.26. The molecular weight excluding hydrogens is 498 g/mol. The van der Waals surface area contributed by atoms with E-state index in [9.17, 15) is 21.6 Å². The van der Waals surface area contributed by atoms with Crippen LogP contribution in [-0.2, 0) is 20.0 Å². The molecule has 3 rings (SSSR count). The summed E-state index contributed by atoms with van der Waals surface area (Å²) >= 11 is 6.21. The van der Waals surface area contributed by atoms with E-state index in [1.54, 1.807) is 37.3 Å². The number of hydrogen-bond donors (Lipinski definition) is 1. The van der Waals surface area contributed by atoms with Gasteiger partial charge in [-0.25, -0.2) is 21.1 Å². The first kappa shape index (κ1) is 25.7. The van der Waals surface area contributed by atoms with E-state index in [1.807, 2.05) is 0 Å². The molecule has 3 aromatic carbocycles. The predicted molar refractivity (Wildman–Crippen MR) is 133 cm³/mol. The van der Waals surface area contributed by atoms with Crippen molar-refractivity contribution < 1.29 is 21.6 Å². The topological polar surface area (TPSA) is 104 Å². The second-order valence-electron chi connectivity index (χ2n) is 7.42. The fourth-order valence-corrected chi connectivity index (χ4v) is 5.85. The fourth-order valence-electron chi connectivity index (χ4n) is 3.20. The number of amides is 1. The summed E-state index contributed by atoms with van der Waals surface area (Å²) in [6, 6.07) is 18.2. The minimum absolute atomic E-state index is 0.000765. The molecule has 0 heterocycles. The van der Waals surface area contributed by atoms with Crippen molar-refractivity contribution in [3.8, 4) is 0 Å². The van der Waals surface area contributed by atoms with Gasteiger partial charge in [0, 0.05) is 26.3 Å². The maximum atomic E-state index is 13.3. The van der Waals surface area contributed by atoms with E-state index in [1.165, 1.54) is 60.9 Å². The highest BCUT2D eigenvalue weighted by atomic mass is 35.5. The van der Waals surface area contributed by atoms with E-state index in [2.05, 4.69) is 5.32 Å². The lowest BCUT2D eigenvalue weighted by atomic mass is 10.2. The normalized spacial score (nSPS) is 11.9. The van der Waals surface area contributed by atoms with Crippen LogP contribution in [0.25, 0.3) is 0 Å². The fraction of sp³-hybridized carbons (Fsp3) is 0.174. The summed E-state index contributed by atoms with van der Waals surface area (Å²) in [6.07, 6.45) is 0. The van der Waals surface area contributed by atoms with Crippen LogP contribution in [0.15, 0.2) is 82.6 Å². The molecule has 1 N–H and O–H groups in total. The number of carbonyl (C=O) groups is 1. The van der Waals surface area contributed by atoms with Gasteiger partial charge < -0.3 is 5.32 Å². The molecule has 0 aromatic heterocycles. The molecule has 0 saturated heterocycles. The second kappa shape index (κ2) is 10.1. The molecule has 0 unspecified atom stereocenters. The van der Waals surface area contributed by atoms with Gasteiger partial charge in [0.2, 0.25) is 10.0 Å². The second-order valence-corrected chi connectivity index (χ2v) is 11.8. The van der Waals surface area contributed by atoms with Crippen LogP contribution in [0.2, 0.25) is 5.02 Å². The van der Waals surface area contributed by atoms with Gasteiger partial charge in [-0.15, -0.1) is 0 Å². The first-order valence-electron chi connectivity index (χ1n) is 10.2. The highest BCUT2D eigenvalue weighted by Crippen LogP contribution is 2.27. The van der Waals surface area contributed by atoms with E-state index in [-0.39, 0.29) is 32.6 Å². The van der Waals surface area contributed by atoms with Gasteiger partial charge in [-0.05, 0) is 55.5 Å². The lowest BCUT2D eigenvalue weighted by Gasteiger charge is -2.23. The number of benzene rings is 3. The molecule has 0 saturated carbocycles. The molecule has 11 heteroatoms. The Kier molecular flexibility index (Phi) is 7.67. The Labute approximate surface area is 204 Å². The van der Waals surface area contributed by atoms with E-state index in [4.69, 9.17) is 11.6 Å². The van der Waals surface area contributed by atoms with Gasteiger partial charge >= 0.3 is 0 Å². The number of para-hydroxylation sites is 1. The number of hydrogen-bond acceptors (Lipinski definition) is 5. The number of halogens is 1. The van der Waals surface area contributed by atoms with E-state index >= 15 is 0 Å². The summed E-state index contributed by atoms with van der Waals surface area (Å²) < 4.78 is 53.7. The Morgan fingerprint density at radius 3 is 2.12 bits per heavy atom. The molecule has 0 bridgehead atoms. The molecule has 180 valence electrons. The zero-order valence-corrected chi connectivity index (χ0v) is 21.2. The largest absolute Gasteiger partial charge is 0.322 e. The highest BCUT2D eigenvalue weighted by molar-refractivity contribution is 7.92. The van der Waals surface area contributed by atoms with E-state index in [0.29, 0.717) is 5.69 Å². The molecule has 0 aliphatic rings. The van der Waals surface area contributed by atoms with Gasteiger partial charge in [-0.3, -0.25) is 9.10 Å². The lowest BCUT2D eigenvalue weighted by Crippen LogP contribution is -2.31. The molecular formula is C23H24ClN3O5S2. The van der Waals surface area contributed by atoms with Crippen LogP contribution in [-0.4, -0.2) is 47.7 Å². The van der Waals surface area contributed by atoms with Crippen molar-refractivity contribution in [3.05, 3.63) is 83.4 Å². The van der Waals surface area contributed by atoms with Crippen LogP contribution in [0.1, 0.15) is 17.3 Å². The number of sulfonamides is 2. The van der Waals surface area contributed by atoms with Crippen molar-refractivity contribution >= 4 is 48.9 Å². The summed E-state index contributed by atoms with van der Waals surface area (Å²) in [6.45, 7) is 1.90. The molecule has 34 heavy (non-hydrogen) atoms. The quantitative estimate of drug-likeness (QED) is 0.481. The maximum Gasteiger partial charge on any atom is 0.264 e. The third-order valence-corrected chi connectivity index (χ3v) is 9.01. The lowest BCUT2D eigenvalue weighted by molar-refractivity contribution is 0.102. The Balaban J connectivity index is 1.95. The molecule has 0 aliphatic carbocycles. The standard InChI is InChI=1S/C23H24ClN3O5S2/c1-4-27(18-10-6-5-7-11-18)34(31,32)20-13-14-22(24)21(16-20)23(28)25-17-9-8-12-19(15-17)33(29,30)26(2)3/h5-16H,4H2,1-3H3,(H,25,28). The zero-order valence-electron chi connectivity index (χ0n) is 18.8. The van der Waals surface area contributed by atoms with Crippen LogP contribution in [0.4, 0.5) is 11.4 Å². The monoisotopic (exact) mass is 521 g/mol. The predicted octanol–water partition coefficient (Wildman–Crippen LogP) is 4.06. The number of nitrogens with one attached hydrogen (secondary N) is 1. The van der Waals surface area contributed by atoms with Gasteiger partial charge in [0.25, 0.3) is 15.9 Å². The van der Waals surface area contributed by atoms with Crippen molar-refractivity contribution in [1.29, 1.82) is 0 Å². The third kappa shape index (κ3) is 5.25. The minimum Gasteiger partial charge on any atom is -0.322 e.